The Kier molecular flexibility index (Phi) is 4.97. The number of amides is 1. The summed E-state index contributed by atoms with van der Waals surface area (Å²) in [4.78, 5) is 31.8. The number of pyridine rings is 1. The van der Waals surface area contributed by atoms with Gasteiger partial charge in [0.15, 0.2) is 0 Å². The van der Waals surface area contributed by atoms with Gasteiger partial charge < -0.3 is 14.4 Å². The molecule has 0 radical (unpaired) electrons. The van der Waals surface area contributed by atoms with Gasteiger partial charge in [-0.3, -0.25) is 14.5 Å². The van der Waals surface area contributed by atoms with Gasteiger partial charge in [-0.05, 0) is 24.3 Å². The maximum Gasteiger partial charge on any atom is 0.317 e. The normalized spacial score (nSPS) is 14.7. The molecule has 1 fully saturated rings. The molecule has 1 N–H and O–H groups in total. The number of carboxylic acids is 1. The van der Waals surface area contributed by atoms with Crippen molar-refractivity contribution in [2.45, 2.75) is 0 Å². The summed E-state index contributed by atoms with van der Waals surface area (Å²) in [5.74, 6) is -0.932. The third-order valence-electron chi connectivity index (χ3n) is 5.04. The van der Waals surface area contributed by atoms with Gasteiger partial charge in [-0.25, -0.2) is 4.98 Å². The number of benzene rings is 1. The predicted molar refractivity (Wildman–Crippen MR) is 105 cm³/mol. The van der Waals surface area contributed by atoms with Crippen LogP contribution in [0.25, 0.3) is 16.9 Å². The summed E-state index contributed by atoms with van der Waals surface area (Å²) in [7, 11) is 0. The highest BCUT2D eigenvalue weighted by molar-refractivity contribution is 5.95. The fourth-order valence-corrected chi connectivity index (χ4v) is 3.45. The molecule has 146 valence electrons. The first-order chi connectivity index (χ1) is 14.0. The fraction of sp³-hybridized carbons (Fsp3) is 0.238. The number of carboxylic acid groups (broad SMARTS) is 1. The Morgan fingerprint density at radius 1 is 1.10 bits per heavy atom. The van der Waals surface area contributed by atoms with Crippen LogP contribution in [0.1, 0.15) is 15.9 Å². The molecule has 1 aliphatic rings. The Hall–Kier alpha value is -3.70. The molecule has 0 spiro atoms. The number of imidazole rings is 1. The number of nitriles is 1. The molecule has 3 aromatic rings. The second kappa shape index (κ2) is 7.73. The molecule has 29 heavy (non-hydrogen) atoms. The van der Waals surface area contributed by atoms with Crippen molar-refractivity contribution in [1.82, 2.24) is 19.2 Å². The molecule has 0 saturated carbocycles. The van der Waals surface area contributed by atoms with E-state index in [1.165, 1.54) is 0 Å². The lowest BCUT2D eigenvalue weighted by Gasteiger charge is -2.33. The third-order valence-corrected chi connectivity index (χ3v) is 5.04. The first kappa shape index (κ1) is 18.7. The van der Waals surface area contributed by atoms with Crippen molar-refractivity contribution in [3.05, 3.63) is 59.9 Å². The van der Waals surface area contributed by atoms with Crippen molar-refractivity contribution in [3.63, 3.8) is 0 Å². The van der Waals surface area contributed by atoms with Crippen molar-refractivity contribution in [3.8, 4) is 17.3 Å². The van der Waals surface area contributed by atoms with Crippen molar-refractivity contribution in [2.75, 3.05) is 32.7 Å². The SMILES string of the molecule is N#Cc1ccc(-c2cn3ccc(C(=O)N4CCN(CC(=O)O)CC4)cc3n2)cc1. The van der Waals surface area contributed by atoms with Gasteiger partial charge in [-0.2, -0.15) is 5.26 Å². The Balaban J connectivity index is 1.51. The number of nitrogens with zero attached hydrogens (tertiary/aromatic N) is 5. The Bertz CT molecular complexity index is 1110. The first-order valence-corrected chi connectivity index (χ1v) is 9.26. The molecule has 2 aromatic heterocycles. The van der Waals surface area contributed by atoms with E-state index in [-0.39, 0.29) is 12.5 Å². The zero-order chi connectivity index (χ0) is 20.4. The Labute approximate surface area is 167 Å². The number of aromatic nitrogens is 2. The number of piperazine rings is 1. The summed E-state index contributed by atoms with van der Waals surface area (Å²) in [5, 5.41) is 17.8. The monoisotopic (exact) mass is 389 g/mol. The molecule has 8 heteroatoms. The minimum Gasteiger partial charge on any atom is -0.480 e. The van der Waals surface area contributed by atoms with Crippen molar-refractivity contribution < 1.29 is 14.7 Å². The molecule has 0 unspecified atom stereocenters. The van der Waals surface area contributed by atoms with Gasteiger partial charge in [0.25, 0.3) is 5.91 Å². The van der Waals surface area contributed by atoms with Crippen LogP contribution in [0, 0.1) is 11.3 Å². The quantitative estimate of drug-likeness (QED) is 0.729. The average Bonchev–Trinajstić information content (AvgIpc) is 3.17. The number of carbonyl (C=O) groups excluding carboxylic acids is 1. The van der Waals surface area contributed by atoms with E-state index in [0.29, 0.717) is 43.0 Å². The average molecular weight is 389 g/mol. The molecule has 8 nitrogen and oxygen atoms in total. The topological polar surface area (TPSA) is 102 Å². The van der Waals surface area contributed by atoms with Crippen molar-refractivity contribution >= 4 is 17.5 Å². The summed E-state index contributed by atoms with van der Waals surface area (Å²) in [6, 6.07) is 12.8. The minimum atomic E-state index is -0.854. The van der Waals surface area contributed by atoms with Crippen LogP contribution in [0.4, 0.5) is 0 Å². The molecular weight excluding hydrogens is 370 g/mol. The maximum atomic E-state index is 12.8. The van der Waals surface area contributed by atoms with Crippen molar-refractivity contribution in [2.24, 2.45) is 0 Å². The van der Waals surface area contributed by atoms with Crippen LogP contribution in [0.15, 0.2) is 48.8 Å². The van der Waals surface area contributed by atoms with E-state index >= 15 is 0 Å². The highest BCUT2D eigenvalue weighted by Crippen LogP contribution is 2.21. The number of rotatable bonds is 4. The summed E-state index contributed by atoms with van der Waals surface area (Å²) in [6.45, 7) is 2.10. The Morgan fingerprint density at radius 2 is 1.83 bits per heavy atom. The maximum absolute atomic E-state index is 12.8. The number of hydrogen-bond acceptors (Lipinski definition) is 5. The second-order valence-corrected chi connectivity index (χ2v) is 6.96. The van der Waals surface area contributed by atoms with Gasteiger partial charge >= 0.3 is 5.97 Å². The van der Waals surface area contributed by atoms with Crippen LogP contribution >= 0.6 is 0 Å². The zero-order valence-electron chi connectivity index (χ0n) is 15.7. The lowest BCUT2D eigenvalue weighted by atomic mass is 10.1. The van der Waals surface area contributed by atoms with Crippen LogP contribution in [0.5, 0.6) is 0 Å². The lowest BCUT2D eigenvalue weighted by molar-refractivity contribution is -0.138. The summed E-state index contributed by atoms with van der Waals surface area (Å²) in [6.07, 6.45) is 3.69. The summed E-state index contributed by atoms with van der Waals surface area (Å²) < 4.78 is 1.86. The van der Waals surface area contributed by atoms with Crippen molar-refractivity contribution in [1.29, 1.82) is 5.26 Å². The van der Waals surface area contributed by atoms with Gasteiger partial charge in [0.1, 0.15) is 5.65 Å². The predicted octanol–water partition coefficient (Wildman–Crippen LogP) is 1.72. The molecular formula is C21H19N5O3. The van der Waals surface area contributed by atoms with E-state index in [1.807, 2.05) is 33.8 Å². The number of hydrogen-bond donors (Lipinski definition) is 1. The largest absolute Gasteiger partial charge is 0.480 e. The molecule has 0 bridgehead atoms. The van der Waals surface area contributed by atoms with E-state index in [9.17, 15) is 9.59 Å². The van der Waals surface area contributed by atoms with Crippen LogP contribution < -0.4 is 0 Å². The van der Waals surface area contributed by atoms with Crippen LogP contribution in [0.3, 0.4) is 0 Å². The molecule has 4 rings (SSSR count). The van der Waals surface area contributed by atoms with E-state index in [0.717, 1.165) is 11.3 Å². The van der Waals surface area contributed by atoms with Gasteiger partial charge in [-0.15, -0.1) is 0 Å². The highest BCUT2D eigenvalue weighted by Gasteiger charge is 2.23. The summed E-state index contributed by atoms with van der Waals surface area (Å²) in [5.41, 5.74) is 3.48. The number of carbonyl (C=O) groups is 2. The summed E-state index contributed by atoms with van der Waals surface area (Å²) >= 11 is 0. The lowest BCUT2D eigenvalue weighted by Crippen LogP contribution is -2.49. The second-order valence-electron chi connectivity index (χ2n) is 6.96. The van der Waals surface area contributed by atoms with Gasteiger partial charge in [-0.1, -0.05) is 12.1 Å². The van der Waals surface area contributed by atoms with Gasteiger partial charge in [0, 0.05) is 49.7 Å². The van der Waals surface area contributed by atoms with E-state index in [2.05, 4.69) is 11.1 Å². The Morgan fingerprint density at radius 3 is 2.48 bits per heavy atom. The molecule has 0 aliphatic carbocycles. The molecule has 1 aliphatic heterocycles. The number of aliphatic carboxylic acids is 1. The first-order valence-electron chi connectivity index (χ1n) is 9.26. The van der Waals surface area contributed by atoms with Crippen LogP contribution in [-0.4, -0.2) is 68.9 Å². The van der Waals surface area contributed by atoms with Crippen LogP contribution in [-0.2, 0) is 4.79 Å². The van der Waals surface area contributed by atoms with E-state index in [4.69, 9.17) is 10.4 Å². The molecule has 3 heterocycles. The van der Waals surface area contributed by atoms with E-state index < -0.39 is 5.97 Å². The molecule has 0 atom stereocenters. The third kappa shape index (κ3) is 3.95. The molecule has 1 amide bonds. The van der Waals surface area contributed by atoms with Gasteiger partial charge in [0.2, 0.25) is 0 Å². The molecule has 1 saturated heterocycles. The highest BCUT2D eigenvalue weighted by atomic mass is 16.4. The fourth-order valence-electron chi connectivity index (χ4n) is 3.45. The van der Waals surface area contributed by atoms with Gasteiger partial charge in [0.05, 0.1) is 23.9 Å². The molecule has 1 aromatic carbocycles. The van der Waals surface area contributed by atoms with Crippen LogP contribution in [0.2, 0.25) is 0 Å². The number of fused-ring (bicyclic) bond motifs is 1. The van der Waals surface area contributed by atoms with E-state index in [1.54, 1.807) is 29.2 Å². The smallest absolute Gasteiger partial charge is 0.317 e. The standard InChI is InChI=1S/C21H19N5O3/c22-12-15-1-3-16(4-2-15)18-13-26-6-5-17(11-19(26)23-18)21(29)25-9-7-24(8-10-25)14-20(27)28/h1-6,11,13H,7-10,14H2,(H,27,28). The zero-order valence-corrected chi connectivity index (χ0v) is 15.7. The minimum absolute atomic E-state index is 0.000187.